The molecule has 0 bridgehead atoms. The molecule has 1 aromatic heterocycles. The third kappa shape index (κ3) is 2.02. The van der Waals surface area contributed by atoms with Gasteiger partial charge in [-0.05, 0) is 60.6 Å². The molecule has 2 aliphatic rings. The van der Waals surface area contributed by atoms with Gasteiger partial charge in [-0.15, -0.1) is 0 Å². The summed E-state index contributed by atoms with van der Waals surface area (Å²) >= 11 is 0. The number of carbonyl (C=O) groups excluding carboxylic acids is 1. The van der Waals surface area contributed by atoms with Crippen molar-refractivity contribution in [1.82, 2.24) is 4.98 Å². The minimum Gasteiger partial charge on any atom is -0.466 e. The molecule has 0 radical (unpaired) electrons. The van der Waals surface area contributed by atoms with Gasteiger partial charge in [0.15, 0.2) is 0 Å². The van der Waals surface area contributed by atoms with Gasteiger partial charge in [-0.25, -0.2) is 4.39 Å². The summed E-state index contributed by atoms with van der Waals surface area (Å²) in [6, 6.07) is 6.59. The molecule has 1 heterocycles. The molecule has 2 aliphatic carbocycles. The van der Waals surface area contributed by atoms with Gasteiger partial charge in [0.2, 0.25) is 0 Å². The van der Waals surface area contributed by atoms with Gasteiger partial charge >= 0.3 is 5.97 Å². The van der Waals surface area contributed by atoms with Crippen molar-refractivity contribution in [3.8, 4) is 0 Å². The third-order valence-corrected chi connectivity index (χ3v) is 4.69. The predicted octanol–water partition coefficient (Wildman–Crippen LogP) is 3.59. The van der Waals surface area contributed by atoms with E-state index in [-0.39, 0.29) is 23.6 Å². The van der Waals surface area contributed by atoms with Gasteiger partial charge in [-0.3, -0.25) is 9.78 Å². The quantitative estimate of drug-likeness (QED) is 0.813. The summed E-state index contributed by atoms with van der Waals surface area (Å²) in [7, 11) is 0. The third-order valence-electron chi connectivity index (χ3n) is 4.69. The second-order valence-corrected chi connectivity index (χ2v) is 5.94. The van der Waals surface area contributed by atoms with Crippen LogP contribution in [-0.4, -0.2) is 17.6 Å². The van der Waals surface area contributed by atoms with Crippen molar-refractivity contribution in [2.75, 3.05) is 6.61 Å². The van der Waals surface area contributed by atoms with Gasteiger partial charge in [0.25, 0.3) is 0 Å². The first-order chi connectivity index (χ1) is 10.7. The number of nitrogens with zero attached hydrogens (tertiary/aromatic N) is 1. The molecule has 1 aromatic carbocycles. The highest BCUT2D eigenvalue weighted by molar-refractivity contribution is 5.93. The molecule has 0 saturated heterocycles. The maximum atomic E-state index is 13.5. The van der Waals surface area contributed by atoms with E-state index in [0.717, 1.165) is 22.9 Å². The highest BCUT2D eigenvalue weighted by Gasteiger charge is 2.57. The molecule has 112 valence electrons. The van der Waals surface area contributed by atoms with Gasteiger partial charge in [0.1, 0.15) is 5.82 Å². The fraction of sp³-hybridized carbons (Fsp3) is 0.333. The van der Waals surface area contributed by atoms with Crippen LogP contribution in [0.5, 0.6) is 0 Å². The van der Waals surface area contributed by atoms with Crippen LogP contribution in [0.4, 0.5) is 4.39 Å². The topological polar surface area (TPSA) is 39.2 Å². The summed E-state index contributed by atoms with van der Waals surface area (Å²) in [5.41, 5.74) is 3.01. The minimum absolute atomic E-state index is 0.0218. The molecule has 0 unspecified atom stereocenters. The highest BCUT2D eigenvalue weighted by atomic mass is 19.1. The molecule has 1 fully saturated rings. The number of esters is 1. The summed E-state index contributed by atoms with van der Waals surface area (Å²) in [6.07, 6.45) is 4.76. The first kappa shape index (κ1) is 13.4. The summed E-state index contributed by atoms with van der Waals surface area (Å²) in [6.45, 7) is 2.26. The van der Waals surface area contributed by atoms with Crippen molar-refractivity contribution in [2.45, 2.75) is 13.3 Å². The van der Waals surface area contributed by atoms with E-state index in [9.17, 15) is 9.18 Å². The Labute approximate surface area is 127 Å². The second-order valence-electron chi connectivity index (χ2n) is 5.94. The van der Waals surface area contributed by atoms with Crippen LogP contribution < -0.4 is 0 Å². The summed E-state index contributed by atoms with van der Waals surface area (Å²) in [5, 5.41) is 0.836. The van der Waals surface area contributed by atoms with E-state index in [1.807, 2.05) is 13.0 Å². The largest absolute Gasteiger partial charge is 0.466 e. The summed E-state index contributed by atoms with van der Waals surface area (Å²) in [5.74, 6) is 0.318. The molecule has 1 saturated carbocycles. The van der Waals surface area contributed by atoms with Crippen LogP contribution >= 0.6 is 0 Å². The van der Waals surface area contributed by atoms with Crippen molar-refractivity contribution in [3.05, 3.63) is 47.9 Å². The molecule has 22 heavy (non-hydrogen) atoms. The lowest BCUT2D eigenvalue weighted by molar-refractivity contribution is -0.145. The molecule has 0 spiro atoms. The zero-order valence-corrected chi connectivity index (χ0v) is 12.3. The summed E-state index contributed by atoms with van der Waals surface area (Å²) < 4.78 is 18.6. The van der Waals surface area contributed by atoms with E-state index < -0.39 is 0 Å². The van der Waals surface area contributed by atoms with Crippen molar-refractivity contribution in [1.29, 1.82) is 0 Å². The monoisotopic (exact) mass is 297 g/mol. The molecular formula is C18H16FNO2. The predicted molar refractivity (Wildman–Crippen MR) is 81.4 cm³/mol. The molecular weight excluding hydrogens is 281 g/mol. The number of allylic oxidation sites excluding steroid dienone is 2. The average Bonchev–Trinajstić information content (AvgIpc) is 3.02. The first-order valence-electron chi connectivity index (χ1n) is 7.61. The normalized spacial score (nSPS) is 25.7. The molecule has 0 amide bonds. The second kappa shape index (κ2) is 4.90. The van der Waals surface area contributed by atoms with E-state index >= 15 is 0 Å². The van der Waals surface area contributed by atoms with Crippen LogP contribution in [0.2, 0.25) is 0 Å². The standard InChI is InChI=1S/C18H16FNO2/c1-2-22-18(21)17-14-7-10(8-15(14)17)12-5-6-20-16-4-3-11(19)9-13(12)16/h3-7,9,14-15,17H,2,8H2,1H3/t14-,15+,17+/m1/s1. The highest BCUT2D eigenvalue weighted by Crippen LogP contribution is 2.58. The molecule has 4 heteroatoms. The van der Waals surface area contributed by atoms with Crippen LogP contribution in [0.1, 0.15) is 18.9 Å². The molecule has 0 N–H and O–H groups in total. The lowest BCUT2D eigenvalue weighted by Gasteiger charge is -2.10. The fourth-order valence-electron chi connectivity index (χ4n) is 3.61. The molecule has 0 aliphatic heterocycles. The van der Waals surface area contributed by atoms with Crippen molar-refractivity contribution in [2.24, 2.45) is 17.8 Å². The fourth-order valence-corrected chi connectivity index (χ4v) is 3.61. The Balaban J connectivity index is 1.66. The lowest BCUT2D eigenvalue weighted by atomic mass is 9.97. The number of fused-ring (bicyclic) bond motifs is 2. The average molecular weight is 297 g/mol. The van der Waals surface area contributed by atoms with Gasteiger partial charge in [-0.1, -0.05) is 6.08 Å². The van der Waals surface area contributed by atoms with E-state index in [2.05, 4.69) is 11.1 Å². The Morgan fingerprint density at radius 1 is 1.41 bits per heavy atom. The van der Waals surface area contributed by atoms with Crippen LogP contribution in [0.15, 0.2) is 36.5 Å². The molecule has 4 rings (SSSR count). The number of hydrogen-bond acceptors (Lipinski definition) is 3. The van der Waals surface area contributed by atoms with Crippen LogP contribution in [0, 0.1) is 23.6 Å². The lowest BCUT2D eigenvalue weighted by Crippen LogP contribution is -2.09. The molecule has 2 aromatic rings. The van der Waals surface area contributed by atoms with Gasteiger partial charge in [0, 0.05) is 11.6 Å². The minimum atomic E-state index is -0.255. The smallest absolute Gasteiger partial charge is 0.309 e. The van der Waals surface area contributed by atoms with Gasteiger partial charge in [0.05, 0.1) is 18.0 Å². The number of ether oxygens (including phenoxy) is 1. The van der Waals surface area contributed by atoms with Crippen LogP contribution in [-0.2, 0) is 9.53 Å². The van der Waals surface area contributed by atoms with Crippen LogP contribution in [0.3, 0.4) is 0 Å². The number of aromatic nitrogens is 1. The van der Waals surface area contributed by atoms with Crippen LogP contribution in [0.25, 0.3) is 16.5 Å². The van der Waals surface area contributed by atoms with E-state index in [1.54, 1.807) is 12.3 Å². The number of pyridine rings is 1. The Morgan fingerprint density at radius 2 is 2.27 bits per heavy atom. The number of carbonyl (C=O) groups is 1. The zero-order valence-electron chi connectivity index (χ0n) is 12.3. The maximum Gasteiger partial charge on any atom is 0.309 e. The maximum absolute atomic E-state index is 13.5. The summed E-state index contributed by atoms with van der Waals surface area (Å²) in [4.78, 5) is 16.1. The van der Waals surface area contributed by atoms with Crippen molar-refractivity contribution in [3.63, 3.8) is 0 Å². The number of rotatable bonds is 3. The first-order valence-corrected chi connectivity index (χ1v) is 7.61. The molecule has 3 atom stereocenters. The molecule has 3 nitrogen and oxygen atoms in total. The SMILES string of the molecule is CCOC(=O)[C@H]1[C@@H]2C=C(c3ccnc4ccc(F)cc34)C[C@@H]21. The van der Waals surface area contributed by atoms with E-state index in [4.69, 9.17) is 4.74 Å². The van der Waals surface area contributed by atoms with Crippen molar-refractivity contribution < 1.29 is 13.9 Å². The van der Waals surface area contributed by atoms with E-state index in [0.29, 0.717) is 12.5 Å². The van der Waals surface area contributed by atoms with Crippen molar-refractivity contribution >= 4 is 22.4 Å². The number of benzene rings is 1. The van der Waals surface area contributed by atoms with E-state index in [1.165, 1.54) is 17.7 Å². The van der Waals surface area contributed by atoms with Gasteiger partial charge in [-0.2, -0.15) is 0 Å². The Hall–Kier alpha value is -2.23. The Bertz CT molecular complexity index is 799. The number of hydrogen-bond donors (Lipinski definition) is 0. The Morgan fingerprint density at radius 3 is 3.00 bits per heavy atom. The Kier molecular flexibility index (Phi) is 2.99. The number of halogens is 1. The van der Waals surface area contributed by atoms with Gasteiger partial charge < -0.3 is 4.74 Å². The zero-order chi connectivity index (χ0) is 15.3.